The molecular weight excluding hydrogens is 279 g/mol. The van der Waals surface area contributed by atoms with Crippen molar-refractivity contribution in [3.05, 3.63) is 35.4 Å². The Labute approximate surface area is 124 Å². The minimum absolute atomic E-state index is 0.0284. The fraction of sp³-hybridized carbons (Fsp3) is 0.625. The number of rotatable bonds is 7. The monoisotopic (exact) mass is 303 g/mol. The van der Waals surface area contributed by atoms with Gasteiger partial charge in [0, 0.05) is 24.6 Å². The molecule has 0 radical (unpaired) electrons. The molecule has 0 aromatic heterocycles. The Morgan fingerprint density at radius 2 is 1.71 bits per heavy atom. The quantitative estimate of drug-likeness (QED) is 0.793. The third-order valence-electron chi connectivity index (χ3n) is 4.35. The summed E-state index contributed by atoms with van der Waals surface area (Å²) in [4.78, 5) is 0. The zero-order valence-corrected chi connectivity index (χ0v) is 12.8. The van der Waals surface area contributed by atoms with Gasteiger partial charge in [0.2, 0.25) is 0 Å². The molecule has 0 spiro atoms. The Hall–Kier alpha value is -1.07. The van der Waals surface area contributed by atoms with Crippen LogP contribution in [0.25, 0.3) is 0 Å². The van der Waals surface area contributed by atoms with E-state index in [0.717, 1.165) is 18.9 Å². The summed E-state index contributed by atoms with van der Waals surface area (Å²) in [6.07, 6.45) is -2.79. The fourth-order valence-corrected chi connectivity index (χ4v) is 2.39. The third kappa shape index (κ3) is 4.45. The number of hydrogen-bond donors (Lipinski definition) is 2. The van der Waals surface area contributed by atoms with E-state index < -0.39 is 17.8 Å². The highest BCUT2D eigenvalue weighted by atomic mass is 19.4. The summed E-state index contributed by atoms with van der Waals surface area (Å²) in [6.45, 7) is 6.20. The maximum absolute atomic E-state index is 13.0. The second-order valence-electron chi connectivity index (χ2n) is 5.55. The number of aliphatic hydroxyl groups excluding tert-OH is 1. The maximum atomic E-state index is 13.0. The number of alkyl halides is 3. The van der Waals surface area contributed by atoms with Gasteiger partial charge in [-0.25, -0.2) is 0 Å². The van der Waals surface area contributed by atoms with Crippen LogP contribution in [-0.4, -0.2) is 18.3 Å². The molecule has 1 aromatic carbocycles. The standard InChI is InChI=1S/C16H24F3NO/c1-4-15(5-2,11-21)10-20-12(3)13-8-6-7-9-14(13)16(17,18)19/h6-9,12,20-21H,4-5,10-11H2,1-3H3. The summed E-state index contributed by atoms with van der Waals surface area (Å²) in [5.41, 5.74) is -0.641. The number of hydrogen-bond acceptors (Lipinski definition) is 2. The Morgan fingerprint density at radius 1 is 1.14 bits per heavy atom. The topological polar surface area (TPSA) is 32.3 Å². The van der Waals surface area contributed by atoms with Crippen LogP contribution in [0.15, 0.2) is 24.3 Å². The van der Waals surface area contributed by atoms with E-state index in [2.05, 4.69) is 5.32 Å². The minimum Gasteiger partial charge on any atom is -0.396 e. The zero-order valence-electron chi connectivity index (χ0n) is 12.8. The van der Waals surface area contributed by atoms with Crippen molar-refractivity contribution in [3.8, 4) is 0 Å². The molecule has 2 N–H and O–H groups in total. The van der Waals surface area contributed by atoms with Crippen LogP contribution >= 0.6 is 0 Å². The van der Waals surface area contributed by atoms with Crippen LogP contribution in [0.4, 0.5) is 13.2 Å². The van der Waals surface area contributed by atoms with Crippen molar-refractivity contribution in [1.29, 1.82) is 0 Å². The second kappa shape index (κ2) is 7.27. The first-order valence-corrected chi connectivity index (χ1v) is 7.30. The maximum Gasteiger partial charge on any atom is 0.416 e. The molecule has 0 bridgehead atoms. The predicted molar refractivity (Wildman–Crippen MR) is 78.0 cm³/mol. The molecule has 0 fully saturated rings. The van der Waals surface area contributed by atoms with Gasteiger partial charge in [-0.05, 0) is 31.4 Å². The second-order valence-corrected chi connectivity index (χ2v) is 5.55. The molecule has 0 amide bonds. The molecule has 0 aliphatic rings. The summed E-state index contributed by atoms with van der Waals surface area (Å²) >= 11 is 0. The summed E-state index contributed by atoms with van der Waals surface area (Å²) < 4.78 is 39.0. The lowest BCUT2D eigenvalue weighted by atomic mass is 9.83. The lowest BCUT2D eigenvalue weighted by Crippen LogP contribution is -2.38. The van der Waals surface area contributed by atoms with Gasteiger partial charge in [-0.1, -0.05) is 32.0 Å². The third-order valence-corrected chi connectivity index (χ3v) is 4.35. The molecule has 0 aliphatic carbocycles. The fourth-order valence-electron chi connectivity index (χ4n) is 2.39. The molecule has 0 aliphatic heterocycles. The average Bonchev–Trinajstić information content (AvgIpc) is 2.48. The van der Waals surface area contributed by atoms with Gasteiger partial charge in [0.15, 0.2) is 0 Å². The van der Waals surface area contributed by atoms with Gasteiger partial charge in [-0.15, -0.1) is 0 Å². The van der Waals surface area contributed by atoms with Gasteiger partial charge in [-0.3, -0.25) is 0 Å². The molecule has 1 rings (SSSR count). The van der Waals surface area contributed by atoms with Crippen LogP contribution in [0.5, 0.6) is 0 Å². The van der Waals surface area contributed by atoms with E-state index in [1.807, 2.05) is 13.8 Å². The number of nitrogens with one attached hydrogen (secondary N) is 1. The van der Waals surface area contributed by atoms with Crippen LogP contribution < -0.4 is 5.32 Å². The molecule has 0 saturated heterocycles. The van der Waals surface area contributed by atoms with Crippen molar-refractivity contribution in [2.45, 2.75) is 45.8 Å². The van der Waals surface area contributed by atoms with Gasteiger partial charge in [0.05, 0.1) is 5.56 Å². The van der Waals surface area contributed by atoms with Crippen molar-refractivity contribution >= 4 is 0 Å². The van der Waals surface area contributed by atoms with Crippen LogP contribution in [0, 0.1) is 5.41 Å². The van der Waals surface area contributed by atoms with E-state index in [1.165, 1.54) is 12.1 Å². The van der Waals surface area contributed by atoms with Crippen molar-refractivity contribution in [3.63, 3.8) is 0 Å². The molecule has 1 unspecified atom stereocenters. The van der Waals surface area contributed by atoms with Gasteiger partial charge >= 0.3 is 6.18 Å². The number of benzene rings is 1. The molecule has 2 nitrogen and oxygen atoms in total. The predicted octanol–water partition coefficient (Wildman–Crippen LogP) is 4.15. The molecule has 0 saturated carbocycles. The molecular formula is C16H24F3NO. The summed E-state index contributed by atoms with van der Waals surface area (Å²) in [7, 11) is 0. The number of halogens is 3. The Kier molecular flexibility index (Phi) is 6.23. The van der Waals surface area contributed by atoms with E-state index in [4.69, 9.17) is 0 Å². The molecule has 0 heterocycles. The van der Waals surface area contributed by atoms with E-state index in [0.29, 0.717) is 6.54 Å². The largest absolute Gasteiger partial charge is 0.416 e. The van der Waals surface area contributed by atoms with Crippen molar-refractivity contribution in [2.75, 3.05) is 13.2 Å². The van der Waals surface area contributed by atoms with Crippen molar-refractivity contribution < 1.29 is 18.3 Å². The summed E-state index contributed by atoms with van der Waals surface area (Å²) in [5, 5.41) is 12.7. The Balaban J connectivity index is 2.88. The van der Waals surface area contributed by atoms with E-state index in [1.54, 1.807) is 13.0 Å². The highest BCUT2D eigenvalue weighted by Gasteiger charge is 2.34. The lowest BCUT2D eigenvalue weighted by Gasteiger charge is -2.31. The van der Waals surface area contributed by atoms with E-state index in [-0.39, 0.29) is 17.6 Å². The minimum atomic E-state index is -4.35. The smallest absolute Gasteiger partial charge is 0.396 e. The average molecular weight is 303 g/mol. The summed E-state index contributed by atoms with van der Waals surface area (Å²) in [5.74, 6) is 0. The number of aliphatic hydroxyl groups is 1. The highest BCUT2D eigenvalue weighted by molar-refractivity contribution is 5.32. The molecule has 21 heavy (non-hydrogen) atoms. The van der Waals surface area contributed by atoms with Crippen LogP contribution in [0.3, 0.4) is 0 Å². The molecule has 120 valence electrons. The van der Waals surface area contributed by atoms with Crippen molar-refractivity contribution in [2.24, 2.45) is 5.41 Å². The van der Waals surface area contributed by atoms with Crippen LogP contribution in [-0.2, 0) is 6.18 Å². The summed E-state index contributed by atoms with van der Waals surface area (Å²) in [6, 6.07) is 5.19. The van der Waals surface area contributed by atoms with Gasteiger partial charge in [0.25, 0.3) is 0 Å². The SMILES string of the molecule is CCC(CC)(CO)CNC(C)c1ccccc1C(F)(F)F. The van der Waals surface area contributed by atoms with Gasteiger partial charge in [-0.2, -0.15) is 13.2 Å². The van der Waals surface area contributed by atoms with Gasteiger partial charge < -0.3 is 10.4 Å². The Morgan fingerprint density at radius 3 is 2.19 bits per heavy atom. The normalized spacial score (nSPS) is 14.2. The van der Waals surface area contributed by atoms with Crippen molar-refractivity contribution in [1.82, 2.24) is 5.32 Å². The zero-order chi connectivity index (χ0) is 16.1. The van der Waals surface area contributed by atoms with Gasteiger partial charge in [0.1, 0.15) is 0 Å². The first kappa shape index (κ1) is 18.0. The first-order valence-electron chi connectivity index (χ1n) is 7.30. The highest BCUT2D eigenvalue weighted by Crippen LogP contribution is 2.35. The van der Waals surface area contributed by atoms with Crippen LogP contribution in [0.1, 0.15) is 50.8 Å². The van der Waals surface area contributed by atoms with E-state index >= 15 is 0 Å². The van der Waals surface area contributed by atoms with Crippen LogP contribution in [0.2, 0.25) is 0 Å². The first-order chi connectivity index (χ1) is 9.79. The van der Waals surface area contributed by atoms with E-state index in [9.17, 15) is 18.3 Å². The molecule has 1 aromatic rings. The lowest BCUT2D eigenvalue weighted by molar-refractivity contribution is -0.138. The molecule has 1 atom stereocenters. The Bertz CT molecular complexity index is 433. The molecule has 5 heteroatoms.